The Labute approximate surface area is 102 Å². The van der Waals surface area contributed by atoms with Crippen molar-refractivity contribution in [1.82, 2.24) is 10.1 Å². The van der Waals surface area contributed by atoms with Crippen molar-refractivity contribution >= 4 is 0 Å². The molecule has 5 heteroatoms. The Balaban J connectivity index is 1.91. The molecule has 0 bridgehead atoms. The molecule has 2 rings (SSSR count). The number of aromatic nitrogens is 2. The Morgan fingerprint density at radius 2 is 2.12 bits per heavy atom. The van der Waals surface area contributed by atoms with Crippen LogP contribution in [0.3, 0.4) is 0 Å². The Morgan fingerprint density at radius 3 is 2.82 bits per heavy atom. The highest BCUT2D eigenvalue weighted by molar-refractivity contribution is 4.97. The molecule has 1 heterocycles. The van der Waals surface area contributed by atoms with Gasteiger partial charge in [0.1, 0.15) is 6.61 Å². The van der Waals surface area contributed by atoms with E-state index in [0.717, 1.165) is 12.8 Å². The van der Waals surface area contributed by atoms with Crippen molar-refractivity contribution in [1.29, 1.82) is 0 Å². The minimum Gasteiger partial charge on any atom is -0.374 e. The molecular weight excluding hydrogens is 218 g/mol. The molecule has 1 aliphatic rings. The van der Waals surface area contributed by atoms with Gasteiger partial charge in [-0.15, -0.1) is 0 Å². The van der Waals surface area contributed by atoms with Gasteiger partial charge in [-0.3, -0.25) is 0 Å². The summed E-state index contributed by atoms with van der Waals surface area (Å²) in [6, 6.07) is 0. The highest BCUT2D eigenvalue weighted by Gasteiger charge is 2.29. The maximum Gasteiger partial charge on any atom is 0.228 e. The summed E-state index contributed by atoms with van der Waals surface area (Å²) >= 11 is 0. The first-order valence-electron chi connectivity index (χ1n) is 6.40. The van der Waals surface area contributed by atoms with Gasteiger partial charge in [0.2, 0.25) is 5.89 Å². The van der Waals surface area contributed by atoms with Gasteiger partial charge >= 0.3 is 0 Å². The standard InChI is InChI=1S/C12H21N3O2/c1-2-16-9-10-14-11(17-15-10)8-12(13)6-4-3-5-7-12/h2-9,13H2,1H3. The smallest absolute Gasteiger partial charge is 0.228 e. The molecule has 0 radical (unpaired) electrons. The van der Waals surface area contributed by atoms with Gasteiger partial charge < -0.3 is 15.0 Å². The fraction of sp³-hybridized carbons (Fsp3) is 0.833. The predicted octanol–water partition coefficient (Wildman–Crippen LogP) is 1.81. The van der Waals surface area contributed by atoms with Gasteiger partial charge in [0, 0.05) is 18.6 Å². The van der Waals surface area contributed by atoms with E-state index in [1.54, 1.807) is 0 Å². The average Bonchev–Trinajstić information content (AvgIpc) is 2.74. The molecule has 5 nitrogen and oxygen atoms in total. The summed E-state index contributed by atoms with van der Waals surface area (Å²) in [4.78, 5) is 4.30. The van der Waals surface area contributed by atoms with E-state index in [1.165, 1.54) is 19.3 Å². The first-order chi connectivity index (χ1) is 8.22. The fourth-order valence-electron chi connectivity index (χ4n) is 2.35. The lowest BCUT2D eigenvalue weighted by Gasteiger charge is -2.31. The highest BCUT2D eigenvalue weighted by atomic mass is 16.5. The van der Waals surface area contributed by atoms with E-state index in [4.69, 9.17) is 15.0 Å². The van der Waals surface area contributed by atoms with Gasteiger partial charge in [-0.25, -0.2) is 0 Å². The minimum absolute atomic E-state index is 0.145. The number of hydrogen-bond donors (Lipinski definition) is 1. The minimum atomic E-state index is -0.145. The molecule has 0 unspecified atom stereocenters. The Morgan fingerprint density at radius 1 is 1.35 bits per heavy atom. The van der Waals surface area contributed by atoms with Crippen molar-refractivity contribution in [3.63, 3.8) is 0 Å². The van der Waals surface area contributed by atoms with E-state index in [1.807, 2.05) is 6.92 Å². The fourth-order valence-corrected chi connectivity index (χ4v) is 2.35. The third-order valence-corrected chi connectivity index (χ3v) is 3.30. The van der Waals surface area contributed by atoms with Gasteiger partial charge in [0.25, 0.3) is 0 Å². The van der Waals surface area contributed by atoms with Crippen molar-refractivity contribution in [2.24, 2.45) is 5.73 Å². The number of nitrogens with zero attached hydrogens (tertiary/aromatic N) is 2. The van der Waals surface area contributed by atoms with Crippen molar-refractivity contribution in [2.45, 2.75) is 57.6 Å². The zero-order valence-corrected chi connectivity index (χ0v) is 10.4. The second kappa shape index (κ2) is 5.60. The summed E-state index contributed by atoms with van der Waals surface area (Å²) in [5, 5.41) is 3.88. The number of nitrogens with two attached hydrogens (primary N) is 1. The molecule has 1 saturated carbocycles. The second-order valence-corrected chi connectivity index (χ2v) is 4.84. The van der Waals surface area contributed by atoms with Crippen molar-refractivity contribution in [2.75, 3.05) is 6.61 Å². The van der Waals surface area contributed by atoms with Crippen LogP contribution in [0.2, 0.25) is 0 Å². The lowest BCUT2D eigenvalue weighted by Crippen LogP contribution is -2.43. The number of rotatable bonds is 5. The van der Waals surface area contributed by atoms with Crippen LogP contribution in [-0.2, 0) is 17.8 Å². The molecule has 1 aromatic rings. The molecule has 0 aromatic carbocycles. The molecule has 0 amide bonds. The summed E-state index contributed by atoms with van der Waals surface area (Å²) in [6.07, 6.45) is 6.49. The lowest BCUT2D eigenvalue weighted by atomic mass is 9.80. The van der Waals surface area contributed by atoms with Gasteiger partial charge in [0.05, 0.1) is 0 Å². The summed E-state index contributed by atoms with van der Waals surface area (Å²) in [5.74, 6) is 1.25. The molecule has 0 spiro atoms. The SMILES string of the molecule is CCOCc1noc(CC2(N)CCCCC2)n1. The third-order valence-electron chi connectivity index (χ3n) is 3.30. The van der Waals surface area contributed by atoms with E-state index in [2.05, 4.69) is 10.1 Å². The maximum absolute atomic E-state index is 6.34. The molecule has 17 heavy (non-hydrogen) atoms. The zero-order chi connectivity index (χ0) is 12.1. The molecule has 0 atom stereocenters. The maximum atomic E-state index is 6.34. The molecule has 1 aromatic heterocycles. The molecule has 96 valence electrons. The van der Waals surface area contributed by atoms with Gasteiger partial charge in [-0.2, -0.15) is 4.98 Å². The largest absolute Gasteiger partial charge is 0.374 e. The summed E-state index contributed by atoms with van der Waals surface area (Å²) in [6.45, 7) is 3.01. The van der Waals surface area contributed by atoms with E-state index in [0.29, 0.717) is 31.3 Å². The molecule has 0 aliphatic heterocycles. The highest BCUT2D eigenvalue weighted by Crippen LogP contribution is 2.28. The zero-order valence-electron chi connectivity index (χ0n) is 10.4. The lowest BCUT2D eigenvalue weighted by molar-refractivity contribution is 0.126. The Hall–Kier alpha value is -0.940. The second-order valence-electron chi connectivity index (χ2n) is 4.84. The number of ether oxygens (including phenoxy) is 1. The van der Waals surface area contributed by atoms with Crippen LogP contribution in [0.25, 0.3) is 0 Å². The number of hydrogen-bond acceptors (Lipinski definition) is 5. The monoisotopic (exact) mass is 239 g/mol. The van der Waals surface area contributed by atoms with E-state index in [9.17, 15) is 0 Å². The summed E-state index contributed by atoms with van der Waals surface area (Å²) < 4.78 is 10.4. The first-order valence-corrected chi connectivity index (χ1v) is 6.40. The molecule has 1 fully saturated rings. The van der Waals surface area contributed by atoms with Crippen LogP contribution >= 0.6 is 0 Å². The van der Waals surface area contributed by atoms with Crippen LogP contribution in [0, 0.1) is 0 Å². The van der Waals surface area contributed by atoms with Crippen LogP contribution in [0.15, 0.2) is 4.52 Å². The molecule has 0 saturated heterocycles. The van der Waals surface area contributed by atoms with Crippen LogP contribution in [0.4, 0.5) is 0 Å². The predicted molar refractivity (Wildman–Crippen MR) is 63.3 cm³/mol. The van der Waals surface area contributed by atoms with Gasteiger partial charge in [0.15, 0.2) is 5.82 Å². The Bertz CT molecular complexity index is 345. The first kappa shape index (κ1) is 12.5. The van der Waals surface area contributed by atoms with Crippen molar-refractivity contribution < 1.29 is 9.26 Å². The summed E-state index contributed by atoms with van der Waals surface area (Å²) in [5.41, 5.74) is 6.20. The van der Waals surface area contributed by atoms with Crippen molar-refractivity contribution in [3.05, 3.63) is 11.7 Å². The van der Waals surface area contributed by atoms with E-state index < -0.39 is 0 Å². The Kier molecular flexibility index (Phi) is 4.12. The average molecular weight is 239 g/mol. The molecular formula is C12H21N3O2. The normalized spacial score (nSPS) is 19.4. The molecule has 2 N–H and O–H groups in total. The quantitative estimate of drug-likeness (QED) is 0.848. The van der Waals surface area contributed by atoms with E-state index in [-0.39, 0.29) is 5.54 Å². The van der Waals surface area contributed by atoms with Gasteiger partial charge in [-0.1, -0.05) is 24.4 Å². The van der Waals surface area contributed by atoms with Crippen LogP contribution in [-0.4, -0.2) is 22.3 Å². The topological polar surface area (TPSA) is 74.2 Å². The third kappa shape index (κ3) is 3.51. The van der Waals surface area contributed by atoms with Crippen molar-refractivity contribution in [3.8, 4) is 0 Å². The van der Waals surface area contributed by atoms with E-state index >= 15 is 0 Å². The molecule has 1 aliphatic carbocycles. The van der Waals surface area contributed by atoms with Crippen LogP contribution < -0.4 is 5.73 Å². The van der Waals surface area contributed by atoms with Crippen LogP contribution in [0.1, 0.15) is 50.7 Å². The van der Waals surface area contributed by atoms with Gasteiger partial charge in [-0.05, 0) is 19.8 Å². The van der Waals surface area contributed by atoms with Crippen LogP contribution in [0.5, 0.6) is 0 Å². The summed E-state index contributed by atoms with van der Waals surface area (Å²) in [7, 11) is 0.